The first-order chi connectivity index (χ1) is 12.4. The summed E-state index contributed by atoms with van der Waals surface area (Å²) in [6.07, 6.45) is -0.992. The lowest BCUT2D eigenvalue weighted by atomic mass is 10.1. The van der Waals surface area contributed by atoms with Crippen LogP contribution >= 0.6 is 0 Å². The monoisotopic (exact) mass is 351 g/mol. The minimum absolute atomic E-state index is 0.258. The number of benzene rings is 2. The Labute approximate surface area is 150 Å². The van der Waals surface area contributed by atoms with Crippen molar-refractivity contribution in [2.24, 2.45) is 0 Å². The Morgan fingerprint density at radius 2 is 1.69 bits per heavy atom. The van der Waals surface area contributed by atoms with Gasteiger partial charge < -0.3 is 4.74 Å². The van der Waals surface area contributed by atoms with Crippen molar-refractivity contribution in [1.82, 2.24) is 0 Å². The maximum Gasteiger partial charge on any atom is 0.326 e. The molecule has 0 unspecified atom stereocenters. The second kappa shape index (κ2) is 6.92. The van der Waals surface area contributed by atoms with E-state index in [0.29, 0.717) is 11.3 Å². The number of amides is 1. The van der Waals surface area contributed by atoms with Gasteiger partial charge in [0.05, 0.1) is 11.3 Å². The van der Waals surface area contributed by atoms with Crippen LogP contribution in [0.5, 0.6) is 0 Å². The normalized spacial score (nSPS) is 14.2. The topological polar surface area (TPSA) is 80.8 Å². The number of esters is 1. The number of carbonyl (C=O) groups is 4. The molecule has 26 heavy (non-hydrogen) atoms. The summed E-state index contributed by atoms with van der Waals surface area (Å²) in [5.74, 6) is -2.52. The van der Waals surface area contributed by atoms with Crippen LogP contribution < -0.4 is 4.90 Å². The van der Waals surface area contributed by atoms with Crippen LogP contribution in [0.25, 0.3) is 0 Å². The first kappa shape index (κ1) is 17.5. The second-order valence-electron chi connectivity index (χ2n) is 6.10. The maximum atomic E-state index is 12.3. The quantitative estimate of drug-likeness (QED) is 0.469. The SMILES string of the molecule is Cc1ccc(C(=O)[C@@H](C)OC(=O)CN2C(=O)C(=O)c3ccccc32)cc1. The molecule has 0 N–H and O–H groups in total. The number of aryl methyl sites for hydroxylation is 1. The van der Waals surface area contributed by atoms with E-state index in [0.717, 1.165) is 10.5 Å². The second-order valence-corrected chi connectivity index (χ2v) is 6.10. The fraction of sp³-hybridized carbons (Fsp3) is 0.200. The van der Waals surface area contributed by atoms with E-state index in [-0.39, 0.29) is 11.3 Å². The molecule has 0 saturated carbocycles. The number of para-hydroxylation sites is 1. The molecule has 0 spiro atoms. The molecular formula is C20H17NO5. The van der Waals surface area contributed by atoms with E-state index in [4.69, 9.17) is 4.74 Å². The predicted octanol–water partition coefficient (Wildman–Crippen LogP) is 2.34. The number of rotatable bonds is 5. The van der Waals surface area contributed by atoms with Crippen LogP contribution in [0.3, 0.4) is 0 Å². The molecular weight excluding hydrogens is 334 g/mol. The molecule has 6 heteroatoms. The van der Waals surface area contributed by atoms with Gasteiger partial charge in [-0.25, -0.2) is 0 Å². The van der Waals surface area contributed by atoms with Gasteiger partial charge in [0.25, 0.3) is 11.7 Å². The summed E-state index contributed by atoms with van der Waals surface area (Å²) in [5, 5.41) is 0. The molecule has 1 aliphatic rings. The Morgan fingerprint density at radius 3 is 2.38 bits per heavy atom. The molecule has 2 aromatic rings. The van der Waals surface area contributed by atoms with Gasteiger partial charge in [0.1, 0.15) is 6.54 Å². The van der Waals surface area contributed by atoms with Crippen molar-refractivity contribution >= 4 is 29.1 Å². The average Bonchev–Trinajstić information content (AvgIpc) is 2.87. The van der Waals surface area contributed by atoms with E-state index >= 15 is 0 Å². The van der Waals surface area contributed by atoms with Crippen LogP contribution in [-0.2, 0) is 14.3 Å². The number of hydrogen-bond acceptors (Lipinski definition) is 5. The van der Waals surface area contributed by atoms with Crippen molar-refractivity contribution in [2.75, 3.05) is 11.4 Å². The van der Waals surface area contributed by atoms with Gasteiger partial charge in [0.2, 0.25) is 5.78 Å². The van der Waals surface area contributed by atoms with Gasteiger partial charge in [-0.3, -0.25) is 24.1 Å². The predicted molar refractivity (Wildman–Crippen MR) is 94.2 cm³/mol. The van der Waals surface area contributed by atoms with Gasteiger partial charge >= 0.3 is 5.97 Å². The van der Waals surface area contributed by atoms with Crippen molar-refractivity contribution in [3.05, 3.63) is 65.2 Å². The van der Waals surface area contributed by atoms with Crippen molar-refractivity contribution in [3.63, 3.8) is 0 Å². The summed E-state index contributed by atoms with van der Waals surface area (Å²) in [4.78, 5) is 49.6. The lowest BCUT2D eigenvalue weighted by molar-refractivity contribution is -0.145. The van der Waals surface area contributed by atoms with Crippen molar-refractivity contribution in [3.8, 4) is 0 Å². The Hall–Kier alpha value is -3.28. The van der Waals surface area contributed by atoms with E-state index in [9.17, 15) is 19.2 Å². The Bertz CT molecular complexity index is 901. The molecule has 0 saturated heterocycles. The standard InChI is InChI=1S/C20H17NO5/c1-12-7-9-14(10-8-12)18(23)13(2)26-17(22)11-21-16-6-4-3-5-15(16)19(24)20(21)25/h3-10,13H,11H2,1-2H3/t13-/m1/s1. The fourth-order valence-electron chi connectivity index (χ4n) is 2.77. The van der Waals surface area contributed by atoms with E-state index in [1.165, 1.54) is 13.0 Å². The van der Waals surface area contributed by atoms with Gasteiger partial charge in [-0.05, 0) is 26.0 Å². The number of ketones is 2. The van der Waals surface area contributed by atoms with Crippen LogP contribution in [-0.4, -0.2) is 36.1 Å². The van der Waals surface area contributed by atoms with Crippen LogP contribution in [0.1, 0.15) is 33.2 Å². The number of anilines is 1. The minimum Gasteiger partial charge on any atom is -0.453 e. The minimum atomic E-state index is -0.992. The molecule has 1 atom stereocenters. The van der Waals surface area contributed by atoms with Crippen LogP contribution in [0, 0.1) is 6.92 Å². The molecule has 0 radical (unpaired) electrons. The van der Waals surface area contributed by atoms with E-state index in [2.05, 4.69) is 0 Å². The Kier molecular flexibility index (Phi) is 4.67. The van der Waals surface area contributed by atoms with Crippen molar-refractivity contribution in [1.29, 1.82) is 0 Å². The van der Waals surface area contributed by atoms with E-state index < -0.39 is 30.3 Å². The van der Waals surface area contributed by atoms with Crippen molar-refractivity contribution < 1.29 is 23.9 Å². The largest absolute Gasteiger partial charge is 0.453 e. The molecule has 0 bridgehead atoms. The Balaban J connectivity index is 1.67. The van der Waals surface area contributed by atoms with Gasteiger partial charge in [-0.15, -0.1) is 0 Å². The average molecular weight is 351 g/mol. The molecule has 6 nitrogen and oxygen atoms in total. The third-order valence-corrected chi connectivity index (χ3v) is 4.18. The highest BCUT2D eigenvalue weighted by molar-refractivity contribution is 6.52. The highest BCUT2D eigenvalue weighted by Gasteiger charge is 2.37. The highest BCUT2D eigenvalue weighted by Crippen LogP contribution is 2.28. The molecule has 132 valence electrons. The lowest BCUT2D eigenvalue weighted by Crippen LogP contribution is -2.37. The first-order valence-electron chi connectivity index (χ1n) is 8.14. The number of ether oxygens (including phenoxy) is 1. The Morgan fingerprint density at radius 1 is 1.04 bits per heavy atom. The number of nitrogens with zero attached hydrogens (tertiary/aromatic N) is 1. The number of Topliss-reactive ketones (excluding diaryl/α,β-unsaturated/α-hetero) is 2. The lowest BCUT2D eigenvalue weighted by Gasteiger charge is -2.18. The smallest absolute Gasteiger partial charge is 0.326 e. The highest BCUT2D eigenvalue weighted by atomic mass is 16.5. The number of carbonyl (C=O) groups excluding carboxylic acids is 4. The zero-order valence-corrected chi connectivity index (χ0v) is 14.4. The third-order valence-electron chi connectivity index (χ3n) is 4.18. The zero-order chi connectivity index (χ0) is 18.8. The molecule has 1 aliphatic heterocycles. The summed E-state index contributed by atoms with van der Waals surface area (Å²) in [6.45, 7) is 2.96. The molecule has 0 aromatic heterocycles. The maximum absolute atomic E-state index is 12.3. The van der Waals surface area contributed by atoms with Crippen LogP contribution in [0.15, 0.2) is 48.5 Å². The van der Waals surface area contributed by atoms with Crippen LogP contribution in [0.2, 0.25) is 0 Å². The summed E-state index contributed by atoms with van der Waals surface area (Å²) in [6, 6.07) is 13.4. The van der Waals surface area contributed by atoms with Crippen molar-refractivity contribution in [2.45, 2.75) is 20.0 Å². The molecule has 2 aromatic carbocycles. The summed E-state index contributed by atoms with van der Waals surface area (Å²) in [7, 11) is 0. The van der Waals surface area contributed by atoms with Gasteiger partial charge in [-0.1, -0.05) is 42.0 Å². The zero-order valence-electron chi connectivity index (χ0n) is 14.4. The van der Waals surface area contributed by atoms with E-state index in [1.54, 1.807) is 42.5 Å². The molecule has 0 fully saturated rings. The molecule has 3 rings (SSSR count). The van der Waals surface area contributed by atoms with Gasteiger partial charge in [-0.2, -0.15) is 0 Å². The summed E-state index contributed by atoms with van der Waals surface area (Å²) < 4.78 is 5.16. The van der Waals surface area contributed by atoms with E-state index in [1.807, 2.05) is 6.92 Å². The molecule has 1 amide bonds. The third kappa shape index (κ3) is 3.26. The number of fused-ring (bicyclic) bond motifs is 1. The summed E-state index contributed by atoms with van der Waals surface area (Å²) >= 11 is 0. The fourth-order valence-corrected chi connectivity index (χ4v) is 2.77. The number of hydrogen-bond donors (Lipinski definition) is 0. The first-order valence-corrected chi connectivity index (χ1v) is 8.14. The molecule has 1 heterocycles. The van der Waals surface area contributed by atoms with Gasteiger partial charge in [0, 0.05) is 5.56 Å². The van der Waals surface area contributed by atoms with Crippen LogP contribution in [0.4, 0.5) is 5.69 Å². The molecule has 0 aliphatic carbocycles. The van der Waals surface area contributed by atoms with Gasteiger partial charge in [0.15, 0.2) is 6.10 Å². The summed E-state index contributed by atoms with van der Waals surface area (Å²) in [5.41, 5.74) is 2.08.